The molecule has 0 aliphatic heterocycles. The van der Waals surface area contributed by atoms with Crippen LogP contribution < -0.4 is 5.32 Å². The molecule has 1 aromatic carbocycles. The number of ether oxygens (including phenoxy) is 1. The minimum Gasteiger partial charge on any atom is -0.383 e. The van der Waals surface area contributed by atoms with Crippen molar-refractivity contribution in [2.24, 2.45) is 0 Å². The van der Waals surface area contributed by atoms with Gasteiger partial charge in [-0.25, -0.2) is 4.98 Å². The van der Waals surface area contributed by atoms with Crippen molar-refractivity contribution in [1.29, 1.82) is 0 Å². The largest absolute Gasteiger partial charge is 0.383 e. The zero-order chi connectivity index (χ0) is 19.9. The van der Waals surface area contributed by atoms with Gasteiger partial charge in [-0.15, -0.1) is 0 Å². The Morgan fingerprint density at radius 1 is 1.14 bits per heavy atom. The average Bonchev–Trinajstić information content (AvgIpc) is 3.12. The maximum atomic E-state index is 13.2. The van der Waals surface area contributed by atoms with Gasteiger partial charge in [0.15, 0.2) is 5.69 Å². The van der Waals surface area contributed by atoms with Gasteiger partial charge in [-0.05, 0) is 24.6 Å². The first kappa shape index (κ1) is 19.6. The maximum absolute atomic E-state index is 13.2. The number of imidazole rings is 1. The maximum Gasteiger partial charge on any atom is 0.290 e. The summed E-state index contributed by atoms with van der Waals surface area (Å²) in [6.07, 6.45) is 1.75. The SMILES string of the molecule is CCN(Cc1ccccc1)C(=O)c1nc(C(=O)NCCOC)c2ccccn12. The molecule has 0 aliphatic carbocycles. The van der Waals surface area contributed by atoms with Crippen molar-refractivity contribution in [2.45, 2.75) is 13.5 Å². The van der Waals surface area contributed by atoms with Crippen molar-refractivity contribution >= 4 is 17.3 Å². The Bertz CT molecular complexity index is 953. The third-order valence-corrected chi connectivity index (χ3v) is 4.43. The second kappa shape index (κ2) is 9.14. The molecule has 3 rings (SSSR count). The second-order valence-electron chi connectivity index (χ2n) is 6.29. The molecule has 0 aliphatic rings. The van der Waals surface area contributed by atoms with Gasteiger partial charge in [-0.1, -0.05) is 36.4 Å². The van der Waals surface area contributed by atoms with Crippen LogP contribution in [0.3, 0.4) is 0 Å². The quantitative estimate of drug-likeness (QED) is 0.609. The first-order valence-electron chi connectivity index (χ1n) is 9.23. The number of carbonyl (C=O) groups excluding carboxylic acids is 2. The first-order chi connectivity index (χ1) is 13.7. The number of nitrogens with zero attached hydrogens (tertiary/aromatic N) is 3. The molecule has 7 heteroatoms. The third-order valence-electron chi connectivity index (χ3n) is 4.43. The molecule has 7 nitrogen and oxygen atoms in total. The highest BCUT2D eigenvalue weighted by atomic mass is 16.5. The van der Waals surface area contributed by atoms with E-state index in [1.54, 1.807) is 28.7 Å². The van der Waals surface area contributed by atoms with Gasteiger partial charge in [0.25, 0.3) is 11.8 Å². The topological polar surface area (TPSA) is 75.9 Å². The second-order valence-corrected chi connectivity index (χ2v) is 6.29. The molecule has 2 heterocycles. The Morgan fingerprint density at radius 2 is 1.89 bits per heavy atom. The number of amides is 2. The van der Waals surface area contributed by atoms with E-state index >= 15 is 0 Å². The van der Waals surface area contributed by atoms with Crippen LogP contribution in [0.5, 0.6) is 0 Å². The van der Waals surface area contributed by atoms with E-state index in [1.807, 2.05) is 49.4 Å². The van der Waals surface area contributed by atoms with E-state index in [0.29, 0.717) is 31.8 Å². The van der Waals surface area contributed by atoms with E-state index in [4.69, 9.17) is 4.74 Å². The number of hydrogen-bond acceptors (Lipinski definition) is 4. The fraction of sp³-hybridized carbons (Fsp3) is 0.286. The molecule has 2 aromatic heterocycles. The van der Waals surface area contributed by atoms with Crippen LogP contribution in [0.25, 0.3) is 5.52 Å². The number of pyridine rings is 1. The van der Waals surface area contributed by atoms with Crippen LogP contribution in [0.4, 0.5) is 0 Å². The highest BCUT2D eigenvalue weighted by Crippen LogP contribution is 2.16. The summed E-state index contributed by atoms with van der Waals surface area (Å²) in [6.45, 7) is 3.72. The minimum atomic E-state index is -0.328. The number of nitrogens with one attached hydrogen (secondary N) is 1. The van der Waals surface area contributed by atoms with Gasteiger partial charge in [-0.2, -0.15) is 0 Å². The average molecular weight is 380 g/mol. The van der Waals surface area contributed by atoms with E-state index in [9.17, 15) is 9.59 Å². The van der Waals surface area contributed by atoms with Gasteiger partial charge in [0.05, 0.1) is 12.1 Å². The predicted molar refractivity (Wildman–Crippen MR) is 106 cm³/mol. The smallest absolute Gasteiger partial charge is 0.290 e. The summed E-state index contributed by atoms with van der Waals surface area (Å²) in [5.74, 6) is -0.320. The molecule has 0 unspecified atom stereocenters. The van der Waals surface area contributed by atoms with Crippen molar-refractivity contribution in [1.82, 2.24) is 19.6 Å². The molecular weight excluding hydrogens is 356 g/mol. The lowest BCUT2D eigenvalue weighted by Crippen LogP contribution is -2.32. The zero-order valence-electron chi connectivity index (χ0n) is 16.1. The molecule has 1 N–H and O–H groups in total. The number of rotatable bonds is 8. The van der Waals surface area contributed by atoms with E-state index < -0.39 is 0 Å². The van der Waals surface area contributed by atoms with Crippen LogP contribution in [-0.4, -0.2) is 52.9 Å². The molecule has 0 bridgehead atoms. The Labute approximate surface area is 163 Å². The van der Waals surface area contributed by atoms with Crippen LogP contribution in [0.1, 0.15) is 33.6 Å². The molecule has 3 aromatic rings. The number of hydrogen-bond donors (Lipinski definition) is 1. The van der Waals surface area contributed by atoms with Crippen molar-refractivity contribution < 1.29 is 14.3 Å². The molecule has 0 saturated carbocycles. The molecule has 146 valence electrons. The lowest BCUT2D eigenvalue weighted by molar-refractivity contribution is 0.0739. The lowest BCUT2D eigenvalue weighted by atomic mass is 10.2. The van der Waals surface area contributed by atoms with Gasteiger partial charge in [-0.3, -0.25) is 14.0 Å². The Balaban J connectivity index is 1.91. The van der Waals surface area contributed by atoms with Crippen molar-refractivity contribution in [3.05, 3.63) is 71.8 Å². The van der Waals surface area contributed by atoms with Crippen molar-refractivity contribution in [3.63, 3.8) is 0 Å². The van der Waals surface area contributed by atoms with Crippen molar-refractivity contribution in [3.8, 4) is 0 Å². The van der Waals surface area contributed by atoms with Gasteiger partial charge in [0, 0.05) is 32.9 Å². The summed E-state index contributed by atoms with van der Waals surface area (Å²) in [4.78, 5) is 31.8. The predicted octanol–water partition coefficient (Wildman–Crippen LogP) is 2.37. The van der Waals surface area contributed by atoms with E-state index in [2.05, 4.69) is 10.3 Å². The molecule has 0 fully saturated rings. The zero-order valence-corrected chi connectivity index (χ0v) is 16.1. The van der Waals surface area contributed by atoms with Crippen molar-refractivity contribution in [2.75, 3.05) is 26.8 Å². The first-order valence-corrected chi connectivity index (χ1v) is 9.23. The number of aromatic nitrogens is 2. The Morgan fingerprint density at radius 3 is 2.61 bits per heavy atom. The Hall–Kier alpha value is -3.19. The van der Waals surface area contributed by atoms with Gasteiger partial charge in [0.1, 0.15) is 0 Å². The van der Waals surface area contributed by atoms with Gasteiger partial charge < -0.3 is 15.0 Å². The van der Waals surface area contributed by atoms with Crippen LogP contribution >= 0.6 is 0 Å². The van der Waals surface area contributed by atoms with Crippen LogP contribution in [0.15, 0.2) is 54.7 Å². The van der Waals surface area contributed by atoms with Crippen LogP contribution in [0, 0.1) is 0 Å². The molecule has 0 atom stereocenters. The summed E-state index contributed by atoms with van der Waals surface area (Å²) >= 11 is 0. The van der Waals surface area contributed by atoms with Gasteiger partial charge in [0.2, 0.25) is 5.82 Å². The molecule has 2 amide bonds. The van der Waals surface area contributed by atoms with Gasteiger partial charge >= 0.3 is 0 Å². The van der Waals surface area contributed by atoms with E-state index in [1.165, 1.54) is 0 Å². The standard InChI is InChI=1S/C21H24N4O3/c1-3-24(15-16-9-5-4-6-10-16)21(27)19-23-18(20(26)22-12-14-28-2)17-11-7-8-13-25(17)19/h4-11,13H,3,12,14-15H2,1-2H3,(H,22,26). The van der Waals surface area contributed by atoms with Crippen LogP contribution in [-0.2, 0) is 11.3 Å². The van der Waals surface area contributed by atoms with Crippen LogP contribution in [0.2, 0.25) is 0 Å². The number of methoxy groups -OCH3 is 1. The number of fused-ring (bicyclic) bond motifs is 1. The molecule has 28 heavy (non-hydrogen) atoms. The summed E-state index contributed by atoms with van der Waals surface area (Å²) in [5, 5.41) is 2.76. The fourth-order valence-corrected chi connectivity index (χ4v) is 2.98. The highest BCUT2D eigenvalue weighted by molar-refractivity contribution is 6.02. The van der Waals surface area contributed by atoms with E-state index in [0.717, 1.165) is 5.56 Å². The monoisotopic (exact) mass is 380 g/mol. The normalized spacial score (nSPS) is 10.8. The Kier molecular flexibility index (Phi) is 6.39. The number of carbonyl (C=O) groups is 2. The minimum absolute atomic E-state index is 0.219. The lowest BCUT2D eigenvalue weighted by Gasteiger charge is -2.20. The number of benzene rings is 1. The molecule has 0 radical (unpaired) electrons. The van der Waals surface area contributed by atoms with E-state index in [-0.39, 0.29) is 23.3 Å². The highest BCUT2D eigenvalue weighted by Gasteiger charge is 2.24. The summed E-state index contributed by atoms with van der Waals surface area (Å²) in [5.41, 5.74) is 1.86. The fourth-order valence-electron chi connectivity index (χ4n) is 2.98. The molecular formula is C21H24N4O3. The summed E-state index contributed by atoms with van der Waals surface area (Å²) < 4.78 is 6.63. The third kappa shape index (κ3) is 4.20. The summed E-state index contributed by atoms with van der Waals surface area (Å²) in [7, 11) is 1.57. The molecule has 0 spiro atoms. The summed E-state index contributed by atoms with van der Waals surface area (Å²) in [6, 6.07) is 15.2. The molecule has 0 saturated heterocycles.